The van der Waals surface area contributed by atoms with E-state index in [0.29, 0.717) is 47.8 Å². The summed E-state index contributed by atoms with van der Waals surface area (Å²) in [5.41, 5.74) is 3.10. The standard InChI is InChI=1S/C24H27ClN6O5/c1-33-8-4-7-31-17-6-3-2-5-13(17)16(30-31)10-26-22-14(25)9-15-23(28-22)29-24(27-15)36-19-12-35-20-18(32)11-34-21(19)20/h2-3,5-6,9,18-21,32H,4,7-8,10-12H2,1H3,(H2,26,27,28,29)/t18-,19-,20-,21-/m1/s1. The zero-order chi connectivity index (χ0) is 24.6. The summed E-state index contributed by atoms with van der Waals surface area (Å²) in [6, 6.07) is 10.2. The first-order valence-electron chi connectivity index (χ1n) is 11.9. The number of pyridine rings is 1. The third-order valence-electron chi connectivity index (χ3n) is 6.53. The molecule has 2 aliphatic heterocycles. The topological polar surface area (TPSA) is 129 Å². The molecular formula is C24H27ClN6O5. The third-order valence-corrected chi connectivity index (χ3v) is 6.81. The average Bonchev–Trinajstić information content (AvgIpc) is 3.63. The number of halogens is 1. The van der Waals surface area contributed by atoms with Gasteiger partial charge in [-0.3, -0.25) is 4.68 Å². The highest BCUT2D eigenvalue weighted by Crippen LogP contribution is 2.31. The molecule has 0 aliphatic carbocycles. The minimum Gasteiger partial charge on any atom is -0.456 e. The van der Waals surface area contributed by atoms with Crippen molar-refractivity contribution >= 4 is 39.5 Å². The number of para-hydroxylation sites is 1. The number of benzene rings is 1. The summed E-state index contributed by atoms with van der Waals surface area (Å²) in [4.78, 5) is 12.2. The van der Waals surface area contributed by atoms with Gasteiger partial charge in [-0.15, -0.1) is 0 Å². The van der Waals surface area contributed by atoms with E-state index in [1.165, 1.54) is 0 Å². The second-order valence-electron chi connectivity index (χ2n) is 8.94. The van der Waals surface area contributed by atoms with Crippen molar-refractivity contribution in [2.45, 2.75) is 43.9 Å². The normalized spacial score (nSPS) is 23.5. The monoisotopic (exact) mass is 514 g/mol. The second kappa shape index (κ2) is 9.83. The molecule has 3 aromatic heterocycles. The van der Waals surface area contributed by atoms with E-state index in [-0.39, 0.29) is 24.9 Å². The number of aliphatic hydroxyl groups is 1. The van der Waals surface area contributed by atoms with Crippen molar-refractivity contribution in [3.63, 3.8) is 0 Å². The lowest BCUT2D eigenvalue weighted by Crippen LogP contribution is -2.34. The van der Waals surface area contributed by atoms with Crippen molar-refractivity contribution in [3.8, 4) is 6.01 Å². The number of anilines is 1. The Morgan fingerprint density at radius 3 is 2.97 bits per heavy atom. The minimum atomic E-state index is -0.637. The Morgan fingerprint density at radius 1 is 1.22 bits per heavy atom. The first kappa shape index (κ1) is 23.4. The van der Waals surface area contributed by atoms with E-state index in [0.717, 1.165) is 29.6 Å². The van der Waals surface area contributed by atoms with Gasteiger partial charge in [0.05, 0.1) is 41.5 Å². The van der Waals surface area contributed by atoms with Crippen LogP contribution in [0.1, 0.15) is 12.1 Å². The van der Waals surface area contributed by atoms with Crippen molar-refractivity contribution in [2.75, 3.05) is 32.2 Å². The highest BCUT2D eigenvalue weighted by atomic mass is 35.5. The zero-order valence-electron chi connectivity index (χ0n) is 19.7. The predicted octanol–water partition coefficient (Wildman–Crippen LogP) is 2.52. The molecule has 3 N–H and O–H groups in total. The van der Waals surface area contributed by atoms with Crippen LogP contribution in [-0.2, 0) is 27.3 Å². The van der Waals surface area contributed by atoms with Gasteiger partial charge in [0.15, 0.2) is 11.8 Å². The summed E-state index contributed by atoms with van der Waals surface area (Å²) >= 11 is 6.53. The van der Waals surface area contributed by atoms with E-state index < -0.39 is 6.10 Å². The van der Waals surface area contributed by atoms with Crippen molar-refractivity contribution < 1.29 is 24.1 Å². The molecule has 0 unspecified atom stereocenters. The van der Waals surface area contributed by atoms with E-state index >= 15 is 0 Å². The van der Waals surface area contributed by atoms with Crippen LogP contribution >= 0.6 is 11.6 Å². The van der Waals surface area contributed by atoms with E-state index in [4.69, 9.17) is 35.6 Å². The van der Waals surface area contributed by atoms with Gasteiger partial charge in [-0.1, -0.05) is 29.8 Å². The van der Waals surface area contributed by atoms with Gasteiger partial charge in [-0.05, 0) is 18.6 Å². The number of aromatic nitrogens is 5. The SMILES string of the molecule is COCCCn1nc(CNc2nc3nc(O[C@@H]4CO[C@H]5[C@@H]4OC[C@H]5O)[nH]c3cc2Cl)c2ccccc21. The van der Waals surface area contributed by atoms with Gasteiger partial charge in [0.25, 0.3) is 6.01 Å². The van der Waals surface area contributed by atoms with Gasteiger partial charge in [-0.25, -0.2) is 4.98 Å². The van der Waals surface area contributed by atoms with Gasteiger partial charge in [0.2, 0.25) is 0 Å². The molecule has 12 heteroatoms. The molecule has 0 saturated carbocycles. The van der Waals surface area contributed by atoms with Crippen LogP contribution in [-0.4, -0.2) is 81.2 Å². The summed E-state index contributed by atoms with van der Waals surface area (Å²) in [5.74, 6) is 0.506. The molecule has 4 aromatic rings. The molecule has 2 saturated heterocycles. The van der Waals surface area contributed by atoms with Crippen LogP contribution in [0.15, 0.2) is 30.3 Å². The maximum Gasteiger partial charge on any atom is 0.296 e. The van der Waals surface area contributed by atoms with Gasteiger partial charge in [0, 0.05) is 25.6 Å². The number of hydrogen-bond acceptors (Lipinski definition) is 9. The molecule has 0 bridgehead atoms. The fourth-order valence-electron chi connectivity index (χ4n) is 4.79. The predicted molar refractivity (Wildman–Crippen MR) is 132 cm³/mol. The number of aliphatic hydroxyl groups excluding tert-OH is 1. The summed E-state index contributed by atoms with van der Waals surface area (Å²) in [7, 11) is 1.70. The number of methoxy groups -OCH3 is 1. The first-order chi connectivity index (χ1) is 17.6. The minimum absolute atomic E-state index is 0.238. The Hall–Kier alpha value is -2.96. The molecule has 0 radical (unpaired) electrons. The lowest BCUT2D eigenvalue weighted by molar-refractivity contribution is 0.00706. The summed E-state index contributed by atoms with van der Waals surface area (Å²) in [6.07, 6.45) is -0.826. The number of rotatable bonds is 9. The van der Waals surface area contributed by atoms with Gasteiger partial charge in [-0.2, -0.15) is 10.1 Å². The molecule has 2 aliphatic rings. The van der Waals surface area contributed by atoms with Crippen molar-refractivity contribution in [1.82, 2.24) is 24.7 Å². The molecular weight excluding hydrogens is 488 g/mol. The molecule has 5 heterocycles. The number of aryl methyl sites for hydroxylation is 1. The molecule has 0 amide bonds. The summed E-state index contributed by atoms with van der Waals surface area (Å²) < 4.78 is 24.4. The molecule has 1 aromatic carbocycles. The fourth-order valence-corrected chi connectivity index (χ4v) is 5.01. The van der Waals surface area contributed by atoms with E-state index in [1.807, 2.05) is 16.8 Å². The number of imidazole rings is 1. The van der Waals surface area contributed by atoms with Crippen LogP contribution in [0.5, 0.6) is 6.01 Å². The summed E-state index contributed by atoms with van der Waals surface area (Å²) in [6.45, 7) is 2.46. The van der Waals surface area contributed by atoms with Crippen LogP contribution in [0.3, 0.4) is 0 Å². The fraction of sp³-hybridized carbons (Fsp3) is 0.458. The zero-order valence-corrected chi connectivity index (χ0v) is 20.4. The van der Waals surface area contributed by atoms with Gasteiger partial charge < -0.3 is 34.4 Å². The molecule has 190 valence electrons. The Balaban J connectivity index is 1.18. The maximum absolute atomic E-state index is 9.93. The lowest BCUT2D eigenvalue weighted by Gasteiger charge is -2.15. The average molecular weight is 515 g/mol. The second-order valence-corrected chi connectivity index (χ2v) is 9.35. The van der Waals surface area contributed by atoms with Crippen LogP contribution in [0.25, 0.3) is 22.1 Å². The quantitative estimate of drug-likeness (QED) is 0.288. The van der Waals surface area contributed by atoms with Crippen molar-refractivity contribution in [3.05, 3.63) is 41.0 Å². The number of nitrogens with one attached hydrogen (secondary N) is 2. The van der Waals surface area contributed by atoms with Gasteiger partial charge >= 0.3 is 0 Å². The van der Waals surface area contributed by atoms with Crippen molar-refractivity contribution in [2.24, 2.45) is 0 Å². The number of H-pyrrole nitrogens is 1. The molecule has 2 fully saturated rings. The Morgan fingerprint density at radius 2 is 2.08 bits per heavy atom. The molecule has 4 atom stereocenters. The number of nitrogens with zero attached hydrogens (tertiary/aromatic N) is 4. The highest BCUT2D eigenvalue weighted by Gasteiger charge is 2.48. The Kier molecular flexibility index (Phi) is 6.40. The first-order valence-corrected chi connectivity index (χ1v) is 12.3. The smallest absolute Gasteiger partial charge is 0.296 e. The third kappa shape index (κ3) is 4.37. The lowest BCUT2D eigenvalue weighted by atomic mass is 10.1. The van der Waals surface area contributed by atoms with E-state index in [1.54, 1.807) is 13.2 Å². The maximum atomic E-state index is 9.93. The largest absolute Gasteiger partial charge is 0.456 e. The number of ether oxygens (including phenoxy) is 4. The van der Waals surface area contributed by atoms with Crippen LogP contribution < -0.4 is 10.1 Å². The van der Waals surface area contributed by atoms with E-state index in [2.05, 4.69) is 32.4 Å². The van der Waals surface area contributed by atoms with E-state index in [9.17, 15) is 5.11 Å². The molecule has 36 heavy (non-hydrogen) atoms. The van der Waals surface area contributed by atoms with Crippen LogP contribution in [0.4, 0.5) is 5.82 Å². The van der Waals surface area contributed by atoms with Gasteiger partial charge in [0.1, 0.15) is 24.1 Å². The molecule has 11 nitrogen and oxygen atoms in total. The highest BCUT2D eigenvalue weighted by molar-refractivity contribution is 6.33. The number of hydrogen-bond donors (Lipinski definition) is 3. The van der Waals surface area contributed by atoms with Crippen molar-refractivity contribution in [1.29, 1.82) is 0 Å². The summed E-state index contributed by atoms with van der Waals surface area (Å²) in [5, 5.41) is 19.6. The molecule has 6 rings (SSSR count). The van der Waals surface area contributed by atoms with Crippen LogP contribution in [0.2, 0.25) is 5.02 Å². The Bertz CT molecular complexity index is 1380. The Labute approximate surface area is 211 Å². The number of fused-ring (bicyclic) bond motifs is 3. The molecule has 0 spiro atoms. The van der Waals surface area contributed by atoms with Crippen LogP contribution in [0, 0.1) is 0 Å². The number of aromatic amines is 1.